The number of aromatic nitrogens is 2. The maximum Gasteiger partial charge on any atom is 0.225 e. The zero-order chi connectivity index (χ0) is 20.0. The molecule has 0 fully saturated rings. The average Bonchev–Trinajstić information content (AvgIpc) is 2.70. The van der Waals surface area contributed by atoms with Gasteiger partial charge in [-0.25, -0.2) is 4.98 Å². The van der Waals surface area contributed by atoms with E-state index in [1.807, 2.05) is 6.08 Å². The molecule has 0 aliphatic rings. The topological polar surface area (TPSA) is 49.8 Å². The number of hydrogen-bond acceptors (Lipinski definition) is 4. The highest BCUT2D eigenvalue weighted by atomic mass is 15.1. The lowest BCUT2D eigenvalue weighted by Crippen LogP contribution is -2.09. The van der Waals surface area contributed by atoms with Gasteiger partial charge in [0.25, 0.3) is 0 Å². The summed E-state index contributed by atoms with van der Waals surface area (Å²) in [5.74, 6) is 1.58. The Morgan fingerprint density at radius 2 is 1.57 bits per heavy atom. The number of aryl methyl sites for hydroxylation is 1. The molecule has 0 atom stereocenters. The van der Waals surface area contributed by atoms with Gasteiger partial charge in [0.05, 0.1) is 5.52 Å². The second kappa shape index (κ2) is 13.1. The molecule has 4 nitrogen and oxygen atoms in total. The van der Waals surface area contributed by atoms with Crippen molar-refractivity contribution in [1.29, 1.82) is 0 Å². The predicted octanol–water partition coefficient (Wildman–Crippen LogP) is 6.87. The van der Waals surface area contributed by atoms with Crippen molar-refractivity contribution in [2.75, 3.05) is 23.7 Å². The number of rotatable bonds is 15. The van der Waals surface area contributed by atoms with Crippen LogP contribution in [-0.4, -0.2) is 23.1 Å². The molecular formula is C24H38N4. The third kappa shape index (κ3) is 7.87. The van der Waals surface area contributed by atoms with E-state index >= 15 is 0 Å². The van der Waals surface area contributed by atoms with Gasteiger partial charge in [-0.1, -0.05) is 82.4 Å². The average molecular weight is 383 g/mol. The minimum Gasteiger partial charge on any atom is -0.366 e. The van der Waals surface area contributed by atoms with Gasteiger partial charge >= 0.3 is 0 Å². The smallest absolute Gasteiger partial charge is 0.225 e. The monoisotopic (exact) mass is 382 g/mol. The predicted molar refractivity (Wildman–Crippen MR) is 123 cm³/mol. The van der Waals surface area contributed by atoms with Crippen molar-refractivity contribution in [1.82, 2.24) is 9.97 Å². The van der Waals surface area contributed by atoms with Crippen LogP contribution in [0.1, 0.15) is 76.7 Å². The van der Waals surface area contributed by atoms with Gasteiger partial charge in [0.15, 0.2) is 0 Å². The van der Waals surface area contributed by atoms with Crippen LogP contribution in [0.3, 0.4) is 0 Å². The Kier molecular flexibility index (Phi) is 10.4. The standard InChI is InChI=1S/C24H38N4/c1-4-6-7-8-9-10-11-12-13-14-18-26-24-27-22-16-15-20(3)19-21(22)23(28-24)25-17-5-2/h5,15-16,19H,2,4,6-14,17-18H2,1,3H3,(H2,25,26,27,28). The summed E-state index contributed by atoms with van der Waals surface area (Å²) in [7, 11) is 0. The number of fused-ring (bicyclic) bond motifs is 1. The molecule has 0 bridgehead atoms. The maximum atomic E-state index is 4.68. The lowest BCUT2D eigenvalue weighted by molar-refractivity contribution is 0.559. The van der Waals surface area contributed by atoms with E-state index in [0.29, 0.717) is 12.5 Å². The van der Waals surface area contributed by atoms with Crippen LogP contribution in [0, 0.1) is 6.92 Å². The molecule has 0 aliphatic carbocycles. The second-order valence-corrected chi connectivity index (χ2v) is 7.69. The van der Waals surface area contributed by atoms with Crippen molar-refractivity contribution in [3.8, 4) is 0 Å². The Hall–Kier alpha value is -2.10. The van der Waals surface area contributed by atoms with E-state index < -0.39 is 0 Å². The zero-order valence-corrected chi connectivity index (χ0v) is 17.9. The molecule has 1 heterocycles. The summed E-state index contributed by atoms with van der Waals surface area (Å²) in [5, 5.41) is 7.81. The summed E-state index contributed by atoms with van der Waals surface area (Å²) in [6.07, 6.45) is 15.3. The SMILES string of the molecule is C=CCNc1nc(NCCCCCCCCCCCC)nc2ccc(C)cc12. The van der Waals surface area contributed by atoms with Crippen molar-refractivity contribution in [2.45, 2.75) is 78.1 Å². The third-order valence-electron chi connectivity index (χ3n) is 5.08. The molecule has 0 amide bonds. The summed E-state index contributed by atoms with van der Waals surface area (Å²) in [6.45, 7) is 9.77. The molecule has 2 aromatic rings. The van der Waals surface area contributed by atoms with Gasteiger partial charge in [0.2, 0.25) is 5.95 Å². The van der Waals surface area contributed by atoms with E-state index in [-0.39, 0.29) is 0 Å². The summed E-state index contributed by atoms with van der Waals surface area (Å²) in [5.41, 5.74) is 2.18. The molecule has 1 aromatic heterocycles. The lowest BCUT2D eigenvalue weighted by Gasteiger charge is -2.11. The summed E-state index contributed by atoms with van der Waals surface area (Å²) >= 11 is 0. The Bertz CT molecular complexity index is 711. The molecular weight excluding hydrogens is 344 g/mol. The molecule has 0 saturated heterocycles. The second-order valence-electron chi connectivity index (χ2n) is 7.69. The number of unbranched alkanes of at least 4 members (excludes halogenated alkanes) is 9. The molecule has 0 saturated carbocycles. The van der Waals surface area contributed by atoms with E-state index in [1.165, 1.54) is 69.8 Å². The molecule has 0 radical (unpaired) electrons. The van der Waals surface area contributed by atoms with Crippen LogP contribution in [0.4, 0.5) is 11.8 Å². The molecule has 1 aromatic carbocycles. The van der Waals surface area contributed by atoms with Crippen LogP contribution >= 0.6 is 0 Å². The Morgan fingerprint density at radius 1 is 0.893 bits per heavy atom. The Morgan fingerprint density at radius 3 is 2.25 bits per heavy atom. The first-order chi connectivity index (χ1) is 13.7. The first-order valence-corrected chi connectivity index (χ1v) is 11.1. The molecule has 154 valence electrons. The number of hydrogen-bond donors (Lipinski definition) is 2. The van der Waals surface area contributed by atoms with E-state index in [2.05, 4.69) is 59.2 Å². The number of nitrogens with zero attached hydrogens (tertiary/aromatic N) is 2. The Labute approximate surface area is 171 Å². The number of anilines is 2. The van der Waals surface area contributed by atoms with Gasteiger partial charge in [-0.2, -0.15) is 4.98 Å². The molecule has 0 unspecified atom stereocenters. The molecule has 4 heteroatoms. The zero-order valence-electron chi connectivity index (χ0n) is 17.9. The Balaban J connectivity index is 1.73. The summed E-state index contributed by atoms with van der Waals surface area (Å²) in [6, 6.07) is 6.29. The van der Waals surface area contributed by atoms with Crippen LogP contribution in [0.15, 0.2) is 30.9 Å². The van der Waals surface area contributed by atoms with Crippen LogP contribution in [-0.2, 0) is 0 Å². The van der Waals surface area contributed by atoms with Crippen molar-refractivity contribution >= 4 is 22.7 Å². The summed E-state index contributed by atoms with van der Waals surface area (Å²) < 4.78 is 0. The van der Waals surface area contributed by atoms with Crippen LogP contribution in [0.2, 0.25) is 0 Å². The van der Waals surface area contributed by atoms with Gasteiger partial charge in [-0.15, -0.1) is 6.58 Å². The van der Waals surface area contributed by atoms with Crippen molar-refractivity contribution in [3.63, 3.8) is 0 Å². The van der Waals surface area contributed by atoms with Gasteiger partial charge in [-0.05, 0) is 25.5 Å². The van der Waals surface area contributed by atoms with Crippen LogP contribution in [0.25, 0.3) is 10.9 Å². The lowest BCUT2D eigenvalue weighted by atomic mass is 10.1. The highest BCUT2D eigenvalue weighted by Gasteiger charge is 2.07. The summed E-state index contributed by atoms with van der Waals surface area (Å²) in [4.78, 5) is 9.36. The first kappa shape index (κ1) is 22.2. The number of benzene rings is 1. The van der Waals surface area contributed by atoms with Gasteiger partial charge in [0.1, 0.15) is 5.82 Å². The van der Waals surface area contributed by atoms with E-state index in [1.54, 1.807) is 0 Å². The third-order valence-corrected chi connectivity index (χ3v) is 5.08. The number of nitrogens with one attached hydrogen (secondary N) is 2. The largest absolute Gasteiger partial charge is 0.366 e. The quantitative estimate of drug-likeness (QED) is 0.261. The molecule has 2 N–H and O–H groups in total. The van der Waals surface area contributed by atoms with Crippen LogP contribution < -0.4 is 10.6 Å². The van der Waals surface area contributed by atoms with Crippen molar-refractivity contribution in [3.05, 3.63) is 36.4 Å². The van der Waals surface area contributed by atoms with Crippen LogP contribution in [0.5, 0.6) is 0 Å². The molecule has 2 rings (SSSR count). The molecule has 0 spiro atoms. The normalized spacial score (nSPS) is 10.9. The molecule has 28 heavy (non-hydrogen) atoms. The first-order valence-electron chi connectivity index (χ1n) is 11.1. The van der Waals surface area contributed by atoms with Crippen molar-refractivity contribution in [2.24, 2.45) is 0 Å². The maximum absolute atomic E-state index is 4.68. The van der Waals surface area contributed by atoms with Crippen molar-refractivity contribution < 1.29 is 0 Å². The fraction of sp³-hybridized carbons (Fsp3) is 0.583. The van der Waals surface area contributed by atoms with E-state index in [9.17, 15) is 0 Å². The fourth-order valence-electron chi connectivity index (χ4n) is 3.44. The van der Waals surface area contributed by atoms with E-state index in [4.69, 9.17) is 0 Å². The molecule has 0 aliphatic heterocycles. The minimum absolute atomic E-state index is 0.692. The van der Waals surface area contributed by atoms with Gasteiger partial charge < -0.3 is 10.6 Å². The highest BCUT2D eigenvalue weighted by Crippen LogP contribution is 2.23. The van der Waals surface area contributed by atoms with Gasteiger partial charge in [0, 0.05) is 18.5 Å². The fourth-order valence-corrected chi connectivity index (χ4v) is 3.44. The van der Waals surface area contributed by atoms with E-state index in [0.717, 1.165) is 23.3 Å². The van der Waals surface area contributed by atoms with Gasteiger partial charge in [-0.3, -0.25) is 0 Å². The highest BCUT2D eigenvalue weighted by molar-refractivity contribution is 5.90. The minimum atomic E-state index is 0.692.